The number of hydrogen-bond acceptors (Lipinski definition) is 2. The predicted octanol–water partition coefficient (Wildman–Crippen LogP) is -0.511. The summed E-state index contributed by atoms with van der Waals surface area (Å²) in [5.74, 6) is -2.40. The molecule has 0 aromatic carbocycles. The van der Waals surface area contributed by atoms with Crippen molar-refractivity contribution in [1.29, 1.82) is 0 Å². The Morgan fingerprint density at radius 2 is 2.20 bits per heavy atom. The van der Waals surface area contributed by atoms with E-state index in [2.05, 4.69) is 5.73 Å². The third-order valence-electron chi connectivity index (χ3n) is 0.794. The largest absolute Gasteiger partial charge is 0.479 e. The molecule has 57 valence electrons. The summed E-state index contributed by atoms with van der Waals surface area (Å²) in [7, 11) is 0. The van der Waals surface area contributed by atoms with E-state index in [9.17, 15) is 14.0 Å². The van der Waals surface area contributed by atoms with Gasteiger partial charge in [0, 0.05) is 6.42 Å². The number of amides is 1. The van der Waals surface area contributed by atoms with E-state index in [1.54, 1.807) is 0 Å². The van der Waals surface area contributed by atoms with E-state index in [1.807, 2.05) is 0 Å². The van der Waals surface area contributed by atoms with E-state index in [4.69, 9.17) is 5.11 Å². The monoisotopic (exact) mass is 148 g/mol. The lowest BCUT2D eigenvalue weighted by molar-refractivity contribution is -0.142. The van der Waals surface area contributed by atoms with E-state index in [0.29, 0.717) is 0 Å². The lowest BCUT2D eigenvalue weighted by Gasteiger charge is -1.97. The molecular weight excluding hydrogens is 141 g/mol. The first-order chi connectivity index (χ1) is 4.54. The molecule has 10 heavy (non-hydrogen) atoms. The molecule has 0 aliphatic carbocycles. The molecule has 0 spiro atoms. The van der Waals surface area contributed by atoms with E-state index in [-0.39, 0.29) is 0 Å². The molecular formula is C5H7FNO3. The molecule has 0 heterocycles. The van der Waals surface area contributed by atoms with Crippen molar-refractivity contribution in [2.24, 2.45) is 5.73 Å². The SMILES string of the molecule is NC(=O)[CH]CC(F)C(=O)O. The average molecular weight is 148 g/mol. The van der Waals surface area contributed by atoms with Gasteiger partial charge in [-0.2, -0.15) is 0 Å². The number of halogens is 1. The van der Waals surface area contributed by atoms with Crippen LogP contribution in [-0.2, 0) is 9.59 Å². The van der Waals surface area contributed by atoms with Gasteiger partial charge in [-0.1, -0.05) is 0 Å². The normalized spacial score (nSPS) is 12.5. The minimum Gasteiger partial charge on any atom is -0.479 e. The summed E-state index contributed by atoms with van der Waals surface area (Å²) < 4.78 is 12.0. The molecule has 0 saturated heterocycles. The number of rotatable bonds is 4. The zero-order valence-electron chi connectivity index (χ0n) is 5.08. The van der Waals surface area contributed by atoms with Crippen molar-refractivity contribution in [2.45, 2.75) is 12.6 Å². The van der Waals surface area contributed by atoms with Crippen LogP contribution in [0.25, 0.3) is 0 Å². The summed E-state index contributed by atoms with van der Waals surface area (Å²) in [5.41, 5.74) is 4.59. The van der Waals surface area contributed by atoms with E-state index in [0.717, 1.165) is 6.42 Å². The molecule has 0 fully saturated rings. The second-order valence-corrected chi connectivity index (χ2v) is 1.65. The second-order valence-electron chi connectivity index (χ2n) is 1.65. The van der Waals surface area contributed by atoms with Gasteiger partial charge in [-0.15, -0.1) is 0 Å². The molecule has 0 aliphatic rings. The van der Waals surface area contributed by atoms with Crippen molar-refractivity contribution in [3.05, 3.63) is 6.42 Å². The minimum atomic E-state index is -2.03. The summed E-state index contributed by atoms with van der Waals surface area (Å²) in [6.07, 6.45) is -1.71. The second kappa shape index (κ2) is 3.81. The smallest absolute Gasteiger partial charge is 0.338 e. The lowest BCUT2D eigenvalue weighted by Crippen LogP contribution is -2.19. The number of carbonyl (C=O) groups is 2. The fourth-order valence-electron chi connectivity index (χ4n) is 0.320. The standard InChI is InChI=1S/C5H7FNO3/c6-3(5(9)10)1-2-4(7)8/h2-3H,1H2,(H2,7,8)(H,9,10). The Morgan fingerprint density at radius 3 is 2.50 bits per heavy atom. The summed E-state index contributed by atoms with van der Waals surface area (Å²) in [4.78, 5) is 19.7. The molecule has 0 aromatic heterocycles. The number of carbonyl (C=O) groups excluding carboxylic acids is 1. The number of aliphatic carboxylic acids is 1. The number of carboxylic acid groups (broad SMARTS) is 1. The Morgan fingerprint density at radius 1 is 1.70 bits per heavy atom. The van der Waals surface area contributed by atoms with Gasteiger partial charge in [-0.3, -0.25) is 4.79 Å². The minimum absolute atomic E-state index is 0.468. The Kier molecular flexibility index (Phi) is 3.38. The molecule has 0 aromatic rings. The Hall–Kier alpha value is -1.13. The predicted molar refractivity (Wildman–Crippen MR) is 30.6 cm³/mol. The number of carboxylic acids is 1. The van der Waals surface area contributed by atoms with Gasteiger partial charge >= 0.3 is 5.97 Å². The molecule has 1 radical (unpaired) electrons. The molecule has 1 atom stereocenters. The summed E-state index contributed by atoms with van der Waals surface area (Å²) in [6.45, 7) is 0. The first-order valence-electron chi connectivity index (χ1n) is 2.53. The molecule has 0 saturated carbocycles. The van der Waals surface area contributed by atoms with Gasteiger partial charge in [0.1, 0.15) is 0 Å². The highest BCUT2D eigenvalue weighted by atomic mass is 19.1. The zero-order chi connectivity index (χ0) is 8.15. The lowest BCUT2D eigenvalue weighted by atomic mass is 10.2. The molecule has 4 nitrogen and oxygen atoms in total. The third kappa shape index (κ3) is 3.82. The third-order valence-corrected chi connectivity index (χ3v) is 0.794. The highest BCUT2D eigenvalue weighted by molar-refractivity contribution is 5.84. The van der Waals surface area contributed by atoms with Gasteiger partial charge < -0.3 is 10.8 Å². The van der Waals surface area contributed by atoms with Gasteiger partial charge in [0.05, 0.1) is 6.42 Å². The Labute approximate surface area is 56.8 Å². The molecule has 5 heteroatoms. The fourth-order valence-corrected chi connectivity index (χ4v) is 0.320. The summed E-state index contributed by atoms with van der Waals surface area (Å²) in [5, 5.41) is 7.95. The van der Waals surface area contributed by atoms with Crippen molar-refractivity contribution in [2.75, 3.05) is 0 Å². The van der Waals surface area contributed by atoms with Crippen molar-refractivity contribution < 1.29 is 19.1 Å². The highest BCUT2D eigenvalue weighted by Crippen LogP contribution is 1.99. The van der Waals surface area contributed by atoms with Crippen LogP contribution >= 0.6 is 0 Å². The van der Waals surface area contributed by atoms with Gasteiger partial charge in [0.25, 0.3) is 0 Å². The van der Waals surface area contributed by atoms with Gasteiger partial charge in [-0.05, 0) is 0 Å². The fraction of sp³-hybridized carbons (Fsp3) is 0.400. The van der Waals surface area contributed by atoms with Crippen molar-refractivity contribution in [3.63, 3.8) is 0 Å². The molecule has 1 unspecified atom stereocenters. The number of primary amides is 1. The Balaban J connectivity index is 3.49. The first-order valence-corrected chi connectivity index (χ1v) is 2.53. The number of alkyl halides is 1. The molecule has 0 aliphatic heterocycles. The molecule has 0 rings (SSSR count). The zero-order valence-corrected chi connectivity index (χ0v) is 5.08. The first kappa shape index (κ1) is 8.87. The van der Waals surface area contributed by atoms with Crippen LogP contribution in [0.15, 0.2) is 0 Å². The van der Waals surface area contributed by atoms with E-state index in [1.165, 1.54) is 0 Å². The summed E-state index contributed by atoms with van der Waals surface area (Å²) in [6, 6.07) is 0. The van der Waals surface area contributed by atoms with Gasteiger partial charge in [0.2, 0.25) is 5.91 Å². The summed E-state index contributed by atoms with van der Waals surface area (Å²) >= 11 is 0. The number of hydrogen-bond donors (Lipinski definition) is 2. The maximum atomic E-state index is 12.0. The van der Waals surface area contributed by atoms with E-state index >= 15 is 0 Å². The van der Waals surface area contributed by atoms with Crippen LogP contribution in [0.5, 0.6) is 0 Å². The van der Waals surface area contributed by atoms with Crippen LogP contribution in [-0.4, -0.2) is 23.2 Å². The van der Waals surface area contributed by atoms with Crippen LogP contribution in [0, 0.1) is 6.42 Å². The Bertz CT molecular complexity index is 148. The molecule has 3 N–H and O–H groups in total. The van der Waals surface area contributed by atoms with Gasteiger partial charge in [0.15, 0.2) is 6.17 Å². The quantitative estimate of drug-likeness (QED) is 0.563. The van der Waals surface area contributed by atoms with Crippen molar-refractivity contribution >= 4 is 11.9 Å². The van der Waals surface area contributed by atoms with Crippen LogP contribution in [0.4, 0.5) is 4.39 Å². The molecule has 1 amide bonds. The maximum Gasteiger partial charge on any atom is 0.338 e. The van der Waals surface area contributed by atoms with Crippen LogP contribution < -0.4 is 5.73 Å². The van der Waals surface area contributed by atoms with Crippen LogP contribution in [0.2, 0.25) is 0 Å². The van der Waals surface area contributed by atoms with E-state index < -0.39 is 24.5 Å². The van der Waals surface area contributed by atoms with Gasteiger partial charge in [-0.25, -0.2) is 9.18 Å². The average Bonchev–Trinajstić information content (AvgIpc) is 1.82. The highest BCUT2D eigenvalue weighted by Gasteiger charge is 2.15. The topological polar surface area (TPSA) is 80.4 Å². The van der Waals surface area contributed by atoms with Crippen molar-refractivity contribution in [1.82, 2.24) is 0 Å². The van der Waals surface area contributed by atoms with Crippen LogP contribution in [0.1, 0.15) is 6.42 Å². The number of nitrogens with two attached hydrogens (primary N) is 1. The van der Waals surface area contributed by atoms with Crippen molar-refractivity contribution in [3.8, 4) is 0 Å². The maximum absolute atomic E-state index is 12.0. The van der Waals surface area contributed by atoms with Crippen LogP contribution in [0.3, 0.4) is 0 Å². The molecule has 0 bridgehead atoms.